The van der Waals surface area contributed by atoms with Gasteiger partial charge in [-0.1, -0.05) is 19.1 Å². The molecule has 0 saturated carbocycles. The van der Waals surface area contributed by atoms with Crippen LogP contribution in [0.5, 0.6) is 11.5 Å². The fourth-order valence-corrected chi connectivity index (χ4v) is 1.95. The third-order valence-corrected chi connectivity index (χ3v) is 2.91. The fourth-order valence-electron chi connectivity index (χ4n) is 1.95. The topological polar surface area (TPSA) is 44.8 Å². The molecule has 112 valence electrons. The molecule has 0 spiro atoms. The van der Waals surface area contributed by atoms with E-state index in [1.54, 1.807) is 0 Å². The van der Waals surface area contributed by atoms with Gasteiger partial charge in [-0.2, -0.15) is 0 Å². The van der Waals surface area contributed by atoms with Crippen molar-refractivity contribution in [2.45, 2.75) is 20.3 Å². The Morgan fingerprint density at radius 3 is 2.00 bits per heavy atom. The maximum absolute atomic E-state index is 10.6. The first-order valence-corrected chi connectivity index (χ1v) is 7.12. The van der Waals surface area contributed by atoms with E-state index in [1.807, 2.05) is 36.4 Å². The van der Waals surface area contributed by atoms with E-state index < -0.39 is 0 Å². The van der Waals surface area contributed by atoms with E-state index in [4.69, 9.17) is 14.2 Å². The quantitative estimate of drug-likeness (QED) is 0.577. The molecule has 21 heavy (non-hydrogen) atoms. The van der Waals surface area contributed by atoms with Crippen LogP contribution in [0.2, 0.25) is 0 Å². The second-order valence-electron chi connectivity index (χ2n) is 4.71. The van der Waals surface area contributed by atoms with E-state index in [0.717, 1.165) is 35.3 Å². The maximum atomic E-state index is 10.6. The predicted molar refractivity (Wildman–Crippen MR) is 81.9 cm³/mol. The van der Waals surface area contributed by atoms with Crippen molar-refractivity contribution in [3.63, 3.8) is 0 Å². The average Bonchev–Trinajstić information content (AvgIpc) is 2.49. The molecule has 0 heterocycles. The van der Waals surface area contributed by atoms with Crippen molar-refractivity contribution >= 4 is 16.7 Å². The SMILES string of the molecule is CCCOc1ccc2cc(OCCOC(C)=O)ccc2c1. The molecular formula is C17H20O4. The summed E-state index contributed by atoms with van der Waals surface area (Å²) in [6.45, 7) is 4.80. The number of rotatable bonds is 7. The zero-order valence-corrected chi connectivity index (χ0v) is 12.4. The lowest BCUT2D eigenvalue weighted by Gasteiger charge is -2.09. The Labute approximate surface area is 124 Å². The van der Waals surface area contributed by atoms with Gasteiger partial charge in [0.2, 0.25) is 0 Å². The second kappa shape index (κ2) is 7.53. The average molecular weight is 288 g/mol. The standard InChI is InChI=1S/C17H20O4/c1-3-8-20-16-6-4-15-12-17(7-5-14(15)11-16)21-10-9-19-13(2)18/h4-7,11-12H,3,8-10H2,1-2H3. The van der Waals surface area contributed by atoms with Gasteiger partial charge in [-0.15, -0.1) is 0 Å². The Bertz CT molecular complexity index is 607. The molecule has 0 amide bonds. The summed E-state index contributed by atoms with van der Waals surface area (Å²) in [4.78, 5) is 10.6. The molecule has 4 heteroatoms. The number of benzene rings is 2. The number of esters is 1. The van der Waals surface area contributed by atoms with Crippen LogP contribution in [0.4, 0.5) is 0 Å². The largest absolute Gasteiger partial charge is 0.494 e. The van der Waals surface area contributed by atoms with Crippen LogP contribution in [0, 0.1) is 0 Å². The van der Waals surface area contributed by atoms with Crippen molar-refractivity contribution in [1.29, 1.82) is 0 Å². The molecule has 0 unspecified atom stereocenters. The van der Waals surface area contributed by atoms with Crippen LogP contribution in [0.1, 0.15) is 20.3 Å². The minimum absolute atomic E-state index is 0.261. The van der Waals surface area contributed by atoms with Crippen molar-refractivity contribution in [2.75, 3.05) is 19.8 Å². The maximum Gasteiger partial charge on any atom is 0.302 e. The number of fused-ring (bicyclic) bond motifs is 1. The summed E-state index contributed by atoms with van der Waals surface area (Å²) in [6, 6.07) is 11.9. The van der Waals surface area contributed by atoms with Gasteiger partial charge in [0.25, 0.3) is 0 Å². The minimum Gasteiger partial charge on any atom is -0.494 e. The van der Waals surface area contributed by atoms with Crippen LogP contribution in [-0.4, -0.2) is 25.8 Å². The second-order valence-corrected chi connectivity index (χ2v) is 4.71. The third kappa shape index (κ3) is 4.67. The van der Waals surface area contributed by atoms with Gasteiger partial charge in [0.15, 0.2) is 0 Å². The number of hydrogen-bond donors (Lipinski definition) is 0. The molecule has 2 aromatic carbocycles. The highest BCUT2D eigenvalue weighted by atomic mass is 16.6. The number of carbonyl (C=O) groups excluding carboxylic acids is 1. The van der Waals surface area contributed by atoms with Gasteiger partial charge in [-0.3, -0.25) is 4.79 Å². The summed E-state index contributed by atoms with van der Waals surface area (Å²) >= 11 is 0. The first kappa shape index (κ1) is 15.2. The summed E-state index contributed by atoms with van der Waals surface area (Å²) in [5.41, 5.74) is 0. The first-order chi connectivity index (χ1) is 10.2. The van der Waals surface area contributed by atoms with Crippen LogP contribution in [0.25, 0.3) is 10.8 Å². The molecule has 0 saturated heterocycles. The van der Waals surface area contributed by atoms with Crippen LogP contribution >= 0.6 is 0 Å². The lowest BCUT2D eigenvalue weighted by atomic mass is 10.1. The number of hydrogen-bond acceptors (Lipinski definition) is 4. The lowest BCUT2D eigenvalue weighted by Crippen LogP contribution is -2.09. The molecule has 0 aromatic heterocycles. The smallest absolute Gasteiger partial charge is 0.302 e. The molecule has 0 radical (unpaired) electrons. The fraction of sp³-hybridized carbons (Fsp3) is 0.353. The summed E-state index contributed by atoms with van der Waals surface area (Å²) in [6.07, 6.45) is 0.993. The van der Waals surface area contributed by atoms with Gasteiger partial charge in [0, 0.05) is 6.92 Å². The Balaban J connectivity index is 1.99. The minimum atomic E-state index is -0.295. The van der Waals surface area contributed by atoms with Gasteiger partial charge in [0.05, 0.1) is 6.61 Å². The molecule has 0 aliphatic carbocycles. The van der Waals surface area contributed by atoms with Crippen LogP contribution in [-0.2, 0) is 9.53 Å². The molecule has 2 aromatic rings. The molecule has 0 bridgehead atoms. The summed E-state index contributed by atoms with van der Waals surface area (Å²) in [5, 5.41) is 2.19. The van der Waals surface area contributed by atoms with Gasteiger partial charge >= 0.3 is 5.97 Å². The summed E-state index contributed by atoms with van der Waals surface area (Å²) in [5.74, 6) is 1.35. The van der Waals surface area contributed by atoms with E-state index in [9.17, 15) is 4.79 Å². The Hall–Kier alpha value is -2.23. The molecule has 2 rings (SSSR count). The van der Waals surface area contributed by atoms with E-state index in [-0.39, 0.29) is 12.6 Å². The first-order valence-electron chi connectivity index (χ1n) is 7.12. The highest BCUT2D eigenvalue weighted by Crippen LogP contribution is 2.25. The van der Waals surface area contributed by atoms with Crippen molar-refractivity contribution in [1.82, 2.24) is 0 Å². The van der Waals surface area contributed by atoms with Crippen molar-refractivity contribution in [3.05, 3.63) is 36.4 Å². The highest BCUT2D eigenvalue weighted by molar-refractivity contribution is 5.85. The van der Waals surface area contributed by atoms with E-state index >= 15 is 0 Å². The lowest BCUT2D eigenvalue weighted by molar-refractivity contribution is -0.141. The van der Waals surface area contributed by atoms with Crippen molar-refractivity contribution in [3.8, 4) is 11.5 Å². The molecule has 4 nitrogen and oxygen atoms in total. The van der Waals surface area contributed by atoms with Gasteiger partial charge < -0.3 is 14.2 Å². The number of carbonyl (C=O) groups is 1. The summed E-state index contributed by atoms with van der Waals surface area (Å²) in [7, 11) is 0. The predicted octanol–water partition coefficient (Wildman–Crippen LogP) is 3.57. The molecule has 0 atom stereocenters. The Kier molecular flexibility index (Phi) is 5.43. The van der Waals surface area contributed by atoms with Crippen LogP contribution in [0.15, 0.2) is 36.4 Å². The van der Waals surface area contributed by atoms with Gasteiger partial charge in [-0.25, -0.2) is 0 Å². The van der Waals surface area contributed by atoms with Crippen molar-refractivity contribution in [2.24, 2.45) is 0 Å². The van der Waals surface area contributed by atoms with E-state index in [1.165, 1.54) is 6.92 Å². The number of ether oxygens (including phenoxy) is 3. The van der Waals surface area contributed by atoms with Gasteiger partial charge in [-0.05, 0) is 41.5 Å². The third-order valence-electron chi connectivity index (χ3n) is 2.91. The van der Waals surface area contributed by atoms with E-state index in [0.29, 0.717) is 6.61 Å². The normalized spacial score (nSPS) is 10.4. The summed E-state index contributed by atoms with van der Waals surface area (Å²) < 4.78 is 16.0. The van der Waals surface area contributed by atoms with Crippen LogP contribution in [0.3, 0.4) is 0 Å². The highest BCUT2D eigenvalue weighted by Gasteiger charge is 2.01. The zero-order valence-electron chi connectivity index (χ0n) is 12.4. The molecule has 0 N–H and O–H groups in total. The van der Waals surface area contributed by atoms with Crippen LogP contribution < -0.4 is 9.47 Å². The van der Waals surface area contributed by atoms with Gasteiger partial charge in [0.1, 0.15) is 24.7 Å². The molecular weight excluding hydrogens is 268 g/mol. The molecule has 0 aliphatic rings. The molecule has 0 aliphatic heterocycles. The zero-order chi connectivity index (χ0) is 15.1. The van der Waals surface area contributed by atoms with Crippen molar-refractivity contribution < 1.29 is 19.0 Å². The molecule has 0 fully saturated rings. The monoisotopic (exact) mass is 288 g/mol. The Morgan fingerprint density at radius 2 is 1.48 bits per heavy atom. The van der Waals surface area contributed by atoms with E-state index in [2.05, 4.69) is 6.92 Å². The Morgan fingerprint density at radius 1 is 0.905 bits per heavy atom.